The summed E-state index contributed by atoms with van der Waals surface area (Å²) in [7, 11) is 0. The Morgan fingerprint density at radius 3 is 2.27 bits per heavy atom. The smallest absolute Gasteiger partial charge is 0.105 e. The monoisotopic (exact) mass is 192 g/mol. The molecule has 1 atom stereocenters. The van der Waals surface area contributed by atoms with Crippen LogP contribution in [0.3, 0.4) is 0 Å². The van der Waals surface area contributed by atoms with Gasteiger partial charge in [-0.2, -0.15) is 0 Å². The molecule has 2 fully saturated rings. The lowest BCUT2D eigenvalue weighted by Gasteiger charge is -2.32. The lowest BCUT2D eigenvalue weighted by atomic mass is 9.77. The van der Waals surface area contributed by atoms with Crippen molar-refractivity contribution in [3.05, 3.63) is 0 Å². The second-order valence-electron chi connectivity index (χ2n) is 4.05. The van der Waals surface area contributed by atoms with E-state index in [-0.39, 0.29) is 4.84 Å². The van der Waals surface area contributed by atoms with Gasteiger partial charge >= 0.3 is 0 Å². The Hall–Kier alpha value is 0.580. The van der Waals surface area contributed by atoms with E-state index in [1.807, 2.05) is 0 Å². The molecule has 0 aromatic carbocycles. The lowest BCUT2D eigenvalue weighted by molar-refractivity contribution is 0.226. The van der Waals surface area contributed by atoms with Gasteiger partial charge in [0.2, 0.25) is 0 Å². The minimum atomic E-state index is -0.113. The molecule has 2 aliphatic carbocycles. The molecule has 0 aliphatic heterocycles. The highest BCUT2D eigenvalue weighted by Crippen LogP contribution is 2.61. The summed E-state index contributed by atoms with van der Waals surface area (Å²) in [6, 6.07) is 0. The van der Waals surface area contributed by atoms with Crippen LogP contribution in [0.2, 0.25) is 0 Å². The van der Waals surface area contributed by atoms with Gasteiger partial charge in [0.1, 0.15) is 4.84 Å². The predicted molar refractivity (Wildman–Crippen MR) is 49.1 cm³/mol. The maximum atomic E-state index is 5.95. The third kappa shape index (κ3) is 1.40. The molecule has 0 saturated heterocycles. The van der Waals surface area contributed by atoms with Gasteiger partial charge in [0.15, 0.2) is 0 Å². The van der Waals surface area contributed by atoms with Crippen molar-refractivity contribution in [2.75, 3.05) is 0 Å². The number of halogens is 2. The summed E-state index contributed by atoms with van der Waals surface area (Å²) in [5.74, 6) is 0.611. The van der Waals surface area contributed by atoms with Gasteiger partial charge in [-0.3, -0.25) is 0 Å². The Kier molecular flexibility index (Phi) is 2.09. The fourth-order valence-corrected chi connectivity index (χ4v) is 3.29. The quantitative estimate of drug-likeness (QED) is 0.556. The van der Waals surface area contributed by atoms with Crippen LogP contribution in [0.15, 0.2) is 0 Å². The standard InChI is InChI=1S/C9H14Cl2/c10-8(11)7-3-1-2-4-9(7)5-6-9/h7-8H,1-6H2. The molecule has 0 bridgehead atoms. The third-order valence-electron chi connectivity index (χ3n) is 3.42. The van der Waals surface area contributed by atoms with E-state index >= 15 is 0 Å². The molecule has 0 aromatic heterocycles. The van der Waals surface area contributed by atoms with E-state index in [2.05, 4.69) is 0 Å². The van der Waals surface area contributed by atoms with Gasteiger partial charge in [-0.05, 0) is 37.0 Å². The molecule has 2 saturated carbocycles. The minimum absolute atomic E-state index is 0.113. The third-order valence-corrected chi connectivity index (χ3v) is 4.03. The van der Waals surface area contributed by atoms with Crippen LogP contribution < -0.4 is 0 Å². The lowest BCUT2D eigenvalue weighted by Crippen LogP contribution is -2.25. The topological polar surface area (TPSA) is 0 Å². The van der Waals surface area contributed by atoms with Crippen molar-refractivity contribution in [1.29, 1.82) is 0 Å². The van der Waals surface area contributed by atoms with Gasteiger partial charge in [0.25, 0.3) is 0 Å². The van der Waals surface area contributed by atoms with Crippen molar-refractivity contribution in [2.45, 2.75) is 43.4 Å². The summed E-state index contributed by atoms with van der Waals surface area (Å²) < 4.78 is 0. The first-order chi connectivity index (χ1) is 5.25. The van der Waals surface area contributed by atoms with Crippen molar-refractivity contribution in [2.24, 2.45) is 11.3 Å². The van der Waals surface area contributed by atoms with E-state index in [1.165, 1.54) is 38.5 Å². The van der Waals surface area contributed by atoms with Crippen molar-refractivity contribution < 1.29 is 0 Å². The zero-order valence-corrected chi connectivity index (χ0v) is 8.17. The first-order valence-corrected chi connectivity index (χ1v) is 5.40. The molecule has 0 aromatic rings. The van der Waals surface area contributed by atoms with Crippen LogP contribution >= 0.6 is 23.2 Å². The van der Waals surface area contributed by atoms with Crippen LogP contribution in [-0.2, 0) is 0 Å². The Morgan fingerprint density at radius 1 is 1.09 bits per heavy atom. The van der Waals surface area contributed by atoms with Crippen LogP contribution in [0.25, 0.3) is 0 Å². The molecule has 2 rings (SSSR count). The Morgan fingerprint density at radius 2 is 1.82 bits per heavy atom. The zero-order valence-electron chi connectivity index (χ0n) is 6.65. The first kappa shape index (κ1) is 8.19. The van der Waals surface area contributed by atoms with E-state index in [0.717, 1.165) is 0 Å². The second kappa shape index (κ2) is 2.81. The molecule has 11 heavy (non-hydrogen) atoms. The number of alkyl halides is 2. The van der Waals surface area contributed by atoms with Crippen LogP contribution in [0.1, 0.15) is 38.5 Å². The largest absolute Gasteiger partial charge is 0.111 e. The second-order valence-corrected chi connectivity index (χ2v) is 5.21. The summed E-state index contributed by atoms with van der Waals surface area (Å²) in [5, 5.41) is 0. The van der Waals surface area contributed by atoms with E-state index in [4.69, 9.17) is 23.2 Å². The van der Waals surface area contributed by atoms with Crippen molar-refractivity contribution in [3.63, 3.8) is 0 Å². The highest BCUT2D eigenvalue weighted by atomic mass is 35.5. The first-order valence-electron chi connectivity index (χ1n) is 4.53. The SMILES string of the molecule is ClC(Cl)C1CCCCC12CC2. The van der Waals surface area contributed by atoms with E-state index in [0.29, 0.717) is 11.3 Å². The van der Waals surface area contributed by atoms with Crippen LogP contribution in [0.5, 0.6) is 0 Å². The fourth-order valence-electron chi connectivity index (χ4n) is 2.51. The molecule has 0 nitrogen and oxygen atoms in total. The summed E-state index contributed by atoms with van der Waals surface area (Å²) in [4.78, 5) is -0.113. The highest BCUT2D eigenvalue weighted by Gasteiger charge is 2.51. The van der Waals surface area contributed by atoms with E-state index in [9.17, 15) is 0 Å². The minimum Gasteiger partial charge on any atom is -0.105 e. The molecule has 64 valence electrons. The molecule has 2 heteroatoms. The number of hydrogen-bond acceptors (Lipinski definition) is 0. The van der Waals surface area contributed by atoms with Crippen LogP contribution in [0.4, 0.5) is 0 Å². The van der Waals surface area contributed by atoms with Gasteiger partial charge in [-0.15, -0.1) is 23.2 Å². The van der Waals surface area contributed by atoms with Gasteiger partial charge in [-0.1, -0.05) is 12.8 Å². The predicted octanol–water partition coefficient (Wildman–Crippen LogP) is 3.76. The van der Waals surface area contributed by atoms with E-state index in [1.54, 1.807) is 0 Å². The van der Waals surface area contributed by atoms with Gasteiger partial charge in [0.05, 0.1) is 0 Å². The maximum Gasteiger partial charge on any atom is 0.111 e. The summed E-state index contributed by atoms with van der Waals surface area (Å²) in [5.41, 5.74) is 0.604. The number of hydrogen-bond donors (Lipinski definition) is 0. The Balaban J connectivity index is 2.04. The molecule has 0 N–H and O–H groups in total. The van der Waals surface area contributed by atoms with Gasteiger partial charge in [0, 0.05) is 0 Å². The van der Waals surface area contributed by atoms with Crippen molar-refractivity contribution in [3.8, 4) is 0 Å². The fraction of sp³-hybridized carbons (Fsp3) is 1.00. The van der Waals surface area contributed by atoms with Crippen molar-refractivity contribution in [1.82, 2.24) is 0 Å². The average Bonchev–Trinajstić information content (AvgIpc) is 2.70. The molecule has 0 heterocycles. The number of rotatable bonds is 1. The van der Waals surface area contributed by atoms with Crippen molar-refractivity contribution >= 4 is 23.2 Å². The molecule has 1 unspecified atom stereocenters. The molecule has 0 amide bonds. The molecule has 1 spiro atoms. The molecular weight excluding hydrogens is 179 g/mol. The van der Waals surface area contributed by atoms with E-state index < -0.39 is 0 Å². The summed E-state index contributed by atoms with van der Waals surface area (Å²) in [6.07, 6.45) is 8.14. The average molecular weight is 193 g/mol. The maximum absolute atomic E-state index is 5.95. The normalized spacial score (nSPS) is 34.6. The van der Waals surface area contributed by atoms with Gasteiger partial charge < -0.3 is 0 Å². The van der Waals surface area contributed by atoms with Gasteiger partial charge in [-0.25, -0.2) is 0 Å². The zero-order chi connectivity index (χ0) is 7.90. The van der Waals surface area contributed by atoms with Crippen LogP contribution in [0, 0.1) is 11.3 Å². The molecular formula is C9H14Cl2. The Labute approximate surface area is 78.3 Å². The summed E-state index contributed by atoms with van der Waals surface area (Å²) >= 11 is 11.9. The molecule has 2 aliphatic rings. The molecule has 0 radical (unpaired) electrons. The van der Waals surface area contributed by atoms with Crippen LogP contribution in [-0.4, -0.2) is 4.84 Å². The summed E-state index contributed by atoms with van der Waals surface area (Å²) in [6.45, 7) is 0. The Bertz CT molecular complexity index is 150. The highest BCUT2D eigenvalue weighted by molar-refractivity contribution is 6.44.